The molecule has 0 aliphatic rings. The molecule has 102 valence electrons. The van der Waals surface area contributed by atoms with Crippen LogP contribution >= 0.6 is 15.9 Å². The van der Waals surface area contributed by atoms with Gasteiger partial charge in [0.2, 0.25) is 0 Å². The molecule has 1 N–H and O–H groups in total. The van der Waals surface area contributed by atoms with E-state index >= 15 is 0 Å². The van der Waals surface area contributed by atoms with Crippen LogP contribution in [0.25, 0.3) is 0 Å². The Labute approximate surface area is 118 Å². The van der Waals surface area contributed by atoms with E-state index in [9.17, 15) is 4.39 Å². The van der Waals surface area contributed by atoms with Gasteiger partial charge in [-0.3, -0.25) is 0 Å². The Morgan fingerprint density at radius 1 is 1.11 bits per heavy atom. The Kier molecular flexibility index (Phi) is 4.96. The van der Waals surface area contributed by atoms with Crippen LogP contribution in [-0.2, 0) is 6.42 Å². The second kappa shape index (κ2) is 5.70. The lowest BCUT2D eigenvalue weighted by Crippen LogP contribution is -2.42. The molecule has 3 heteroatoms. The van der Waals surface area contributed by atoms with Gasteiger partial charge in [-0.2, -0.15) is 0 Å². The fraction of sp³-hybridized carbons (Fsp3) is 0.600. The van der Waals surface area contributed by atoms with E-state index in [4.69, 9.17) is 0 Å². The Morgan fingerprint density at radius 3 is 2.22 bits per heavy atom. The molecule has 0 bridgehead atoms. The van der Waals surface area contributed by atoms with Crippen molar-refractivity contribution in [2.75, 3.05) is 6.54 Å². The summed E-state index contributed by atoms with van der Waals surface area (Å²) in [5, 5.41) is 3.51. The van der Waals surface area contributed by atoms with E-state index in [-0.39, 0.29) is 16.8 Å². The minimum atomic E-state index is -0.182. The molecule has 0 spiro atoms. The fourth-order valence-electron chi connectivity index (χ4n) is 1.83. The van der Waals surface area contributed by atoms with Crippen LogP contribution in [0.4, 0.5) is 4.39 Å². The summed E-state index contributed by atoms with van der Waals surface area (Å²) in [6, 6.07) is 5.09. The van der Waals surface area contributed by atoms with Crippen LogP contribution in [0.5, 0.6) is 0 Å². The second-order valence-electron chi connectivity index (χ2n) is 6.72. The number of rotatable bonds is 4. The van der Waals surface area contributed by atoms with Crippen molar-refractivity contribution in [1.29, 1.82) is 0 Å². The van der Waals surface area contributed by atoms with Crippen molar-refractivity contribution in [1.82, 2.24) is 5.32 Å². The molecule has 0 aliphatic carbocycles. The third-order valence-corrected chi connectivity index (χ3v) is 3.16. The lowest BCUT2D eigenvalue weighted by molar-refractivity contribution is 0.288. The largest absolute Gasteiger partial charge is 0.312 e. The quantitative estimate of drug-likeness (QED) is 0.859. The molecule has 0 unspecified atom stereocenters. The molecular weight excluding hydrogens is 293 g/mol. The van der Waals surface area contributed by atoms with Crippen LogP contribution in [0.2, 0.25) is 0 Å². The average Bonchev–Trinajstić information content (AvgIpc) is 2.11. The molecule has 1 aromatic carbocycles. The van der Waals surface area contributed by atoms with Crippen LogP contribution in [0, 0.1) is 11.2 Å². The zero-order valence-corrected chi connectivity index (χ0v) is 13.5. The molecular formula is C15H23BrFN. The molecule has 1 rings (SSSR count). The summed E-state index contributed by atoms with van der Waals surface area (Å²) >= 11 is 3.34. The van der Waals surface area contributed by atoms with Crippen molar-refractivity contribution >= 4 is 15.9 Å². The van der Waals surface area contributed by atoms with E-state index in [1.807, 2.05) is 6.07 Å². The summed E-state index contributed by atoms with van der Waals surface area (Å²) in [4.78, 5) is 0. The highest BCUT2D eigenvalue weighted by atomic mass is 79.9. The smallest absolute Gasteiger partial charge is 0.124 e. The predicted molar refractivity (Wildman–Crippen MR) is 79.3 cm³/mol. The molecule has 0 fully saturated rings. The van der Waals surface area contributed by atoms with Crippen LogP contribution in [0.3, 0.4) is 0 Å². The minimum Gasteiger partial charge on any atom is -0.312 e. The van der Waals surface area contributed by atoms with Crippen LogP contribution in [0.1, 0.15) is 40.2 Å². The number of halogens is 2. The minimum absolute atomic E-state index is 0.0977. The topological polar surface area (TPSA) is 12.0 Å². The van der Waals surface area contributed by atoms with Crippen molar-refractivity contribution in [2.45, 2.75) is 46.6 Å². The summed E-state index contributed by atoms with van der Waals surface area (Å²) in [6.07, 6.45) is 0.854. The molecule has 0 aromatic heterocycles. The summed E-state index contributed by atoms with van der Waals surface area (Å²) in [5.74, 6) is -0.182. The van der Waals surface area contributed by atoms with Crippen molar-refractivity contribution in [2.24, 2.45) is 5.41 Å². The maximum Gasteiger partial charge on any atom is 0.124 e. The first kappa shape index (κ1) is 15.6. The molecule has 1 nitrogen and oxygen atoms in total. The number of nitrogens with one attached hydrogen (secondary N) is 1. The first-order valence-electron chi connectivity index (χ1n) is 6.27. The van der Waals surface area contributed by atoms with Crippen LogP contribution in [0.15, 0.2) is 22.7 Å². The average molecular weight is 316 g/mol. The van der Waals surface area contributed by atoms with E-state index in [0.29, 0.717) is 0 Å². The Morgan fingerprint density at radius 2 is 1.72 bits per heavy atom. The summed E-state index contributed by atoms with van der Waals surface area (Å²) in [5.41, 5.74) is 1.24. The standard InChI is InChI=1S/C15H23BrFN/c1-14(2,3)18-10-15(4,5)9-11-6-12(16)8-13(17)7-11/h6-8,18H,9-10H2,1-5H3. The van der Waals surface area contributed by atoms with Crippen molar-refractivity contribution in [3.8, 4) is 0 Å². The molecule has 0 radical (unpaired) electrons. The first-order valence-corrected chi connectivity index (χ1v) is 7.07. The number of hydrogen-bond acceptors (Lipinski definition) is 1. The first-order chi connectivity index (χ1) is 8.07. The van der Waals surface area contributed by atoms with Gasteiger partial charge in [-0.05, 0) is 56.4 Å². The van der Waals surface area contributed by atoms with Crippen LogP contribution in [-0.4, -0.2) is 12.1 Å². The van der Waals surface area contributed by atoms with Gasteiger partial charge in [-0.1, -0.05) is 29.8 Å². The van der Waals surface area contributed by atoms with Gasteiger partial charge in [0.05, 0.1) is 0 Å². The van der Waals surface area contributed by atoms with Gasteiger partial charge in [0, 0.05) is 16.6 Å². The Hall–Kier alpha value is -0.410. The zero-order chi connectivity index (χ0) is 14.0. The molecule has 18 heavy (non-hydrogen) atoms. The Bertz CT molecular complexity index is 387. The van der Waals surface area contributed by atoms with E-state index in [1.54, 1.807) is 6.07 Å². The summed E-state index contributed by atoms with van der Waals surface area (Å²) in [7, 11) is 0. The number of benzene rings is 1. The van der Waals surface area contributed by atoms with Gasteiger partial charge in [0.1, 0.15) is 5.82 Å². The molecule has 0 atom stereocenters. The molecule has 0 heterocycles. The zero-order valence-electron chi connectivity index (χ0n) is 11.9. The van der Waals surface area contributed by atoms with Gasteiger partial charge in [-0.15, -0.1) is 0 Å². The number of hydrogen-bond donors (Lipinski definition) is 1. The van der Waals surface area contributed by atoms with E-state index in [0.717, 1.165) is 23.0 Å². The second-order valence-corrected chi connectivity index (χ2v) is 7.64. The third-order valence-electron chi connectivity index (χ3n) is 2.70. The monoisotopic (exact) mass is 315 g/mol. The van der Waals surface area contributed by atoms with E-state index < -0.39 is 0 Å². The summed E-state index contributed by atoms with van der Waals surface area (Å²) in [6.45, 7) is 11.8. The van der Waals surface area contributed by atoms with Gasteiger partial charge in [0.15, 0.2) is 0 Å². The van der Waals surface area contributed by atoms with Gasteiger partial charge in [-0.25, -0.2) is 4.39 Å². The van der Waals surface area contributed by atoms with Gasteiger partial charge >= 0.3 is 0 Å². The SMILES string of the molecule is CC(C)(CNC(C)(C)C)Cc1cc(F)cc(Br)c1. The van der Waals surface area contributed by atoms with Gasteiger partial charge < -0.3 is 5.32 Å². The predicted octanol–water partition coefficient (Wildman–Crippen LogP) is 4.55. The molecule has 0 saturated carbocycles. The lowest BCUT2D eigenvalue weighted by atomic mass is 9.85. The highest BCUT2D eigenvalue weighted by Crippen LogP contribution is 2.24. The van der Waals surface area contributed by atoms with Crippen molar-refractivity contribution < 1.29 is 4.39 Å². The highest BCUT2D eigenvalue weighted by Gasteiger charge is 2.21. The van der Waals surface area contributed by atoms with Crippen molar-refractivity contribution in [3.05, 3.63) is 34.1 Å². The highest BCUT2D eigenvalue weighted by molar-refractivity contribution is 9.10. The fourth-order valence-corrected chi connectivity index (χ4v) is 2.35. The van der Waals surface area contributed by atoms with Crippen LogP contribution < -0.4 is 5.32 Å². The van der Waals surface area contributed by atoms with Gasteiger partial charge in [0.25, 0.3) is 0 Å². The maximum atomic E-state index is 13.3. The normalized spacial score (nSPS) is 12.8. The van der Waals surface area contributed by atoms with Crippen molar-refractivity contribution in [3.63, 3.8) is 0 Å². The lowest BCUT2D eigenvalue weighted by Gasteiger charge is -2.30. The van der Waals surface area contributed by atoms with E-state index in [1.165, 1.54) is 6.07 Å². The molecule has 0 amide bonds. The van der Waals surface area contributed by atoms with E-state index in [2.05, 4.69) is 55.9 Å². The molecule has 0 aliphatic heterocycles. The summed E-state index contributed by atoms with van der Waals surface area (Å²) < 4.78 is 14.1. The maximum absolute atomic E-state index is 13.3. The molecule has 0 saturated heterocycles. The third kappa shape index (κ3) is 5.96. The molecule has 1 aromatic rings. The Balaban J connectivity index is 2.69.